The third-order valence-electron chi connectivity index (χ3n) is 6.99. The Hall–Kier alpha value is -4.82. The van der Waals surface area contributed by atoms with Gasteiger partial charge in [-0.2, -0.15) is 0 Å². The van der Waals surface area contributed by atoms with Gasteiger partial charge in [-0.25, -0.2) is 0 Å². The molecule has 0 saturated carbocycles. The van der Waals surface area contributed by atoms with Crippen molar-refractivity contribution >= 4 is 44.0 Å². The number of hydrogen-bond acceptors (Lipinski definition) is 1. The van der Waals surface area contributed by atoms with E-state index in [-0.39, 0.29) is 0 Å². The summed E-state index contributed by atoms with van der Waals surface area (Å²) in [5, 5.41) is 8.62. The molecule has 2 heteroatoms. The first-order valence-electron chi connectivity index (χ1n) is 12.3. The summed E-state index contributed by atoms with van der Waals surface area (Å²) in [5.74, 6) is 0. The van der Waals surface area contributed by atoms with Gasteiger partial charge >= 0.3 is 0 Å². The summed E-state index contributed by atoms with van der Waals surface area (Å²) >= 11 is 0. The van der Waals surface area contributed by atoms with Crippen molar-refractivity contribution < 1.29 is 0 Å². The van der Waals surface area contributed by atoms with E-state index in [1.54, 1.807) is 0 Å². The monoisotopic (exact) mass is 460 g/mol. The summed E-state index contributed by atoms with van der Waals surface area (Å²) in [7, 11) is 0. The van der Waals surface area contributed by atoms with Crippen molar-refractivity contribution in [3.8, 4) is 16.8 Å². The van der Waals surface area contributed by atoms with Gasteiger partial charge < -0.3 is 9.88 Å². The molecule has 1 heterocycles. The zero-order valence-corrected chi connectivity index (χ0v) is 19.7. The smallest absolute Gasteiger partial charge is 0.0541 e. The van der Waals surface area contributed by atoms with Gasteiger partial charge in [0.1, 0.15) is 0 Å². The third kappa shape index (κ3) is 3.43. The first-order chi connectivity index (χ1) is 17.8. The van der Waals surface area contributed by atoms with Gasteiger partial charge in [0.05, 0.1) is 11.0 Å². The predicted molar refractivity (Wildman–Crippen MR) is 153 cm³/mol. The van der Waals surface area contributed by atoms with E-state index in [9.17, 15) is 0 Å². The van der Waals surface area contributed by atoms with E-state index in [4.69, 9.17) is 0 Å². The number of aromatic nitrogens is 1. The topological polar surface area (TPSA) is 17.0 Å². The van der Waals surface area contributed by atoms with Crippen LogP contribution in [0.15, 0.2) is 140 Å². The third-order valence-corrected chi connectivity index (χ3v) is 6.99. The van der Waals surface area contributed by atoms with Crippen LogP contribution in [0.3, 0.4) is 0 Å². The molecule has 7 aromatic rings. The second-order valence-corrected chi connectivity index (χ2v) is 9.15. The highest BCUT2D eigenvalue weighted by Gasteiger charge is 2.11. The van der Waals surface area contributed by atoms with E-state index >= 15 is 0 Å². The van der Waals surface area contributed by atoms with Crippen LogP contribution in [-0.4, -0.2) is 4.57 Å². The fraction of sp³-hybridized carbons (Fsp3) is 0. The summed E-state index contributed by atoms with van der Waals surface area (Å²) in [6.45, 7) is 0. The molecule has 6 aromatic carbocycles. The minimum atomic E-state index is 1.08. The van der Waals surface area contributed by atoms with E-state index in [2.05, 4.69) is 149 Å². The lowest BCUT2D eigenvalue weighted by Crippen LogP contribution is -1.93. The molecule has 0 atom stereocenters. The maximum atomic E-state index is 3.58. The van der Waals surface area contributed by atoms with E-state index in [0.717, 1.165) is 11.4 Å². The quantitative estimate of drug-likeness (QED) is 0.277. The molecule has 0 unspecified atom stereocenters. The minimum absolute atomic E-state index is 1.08. The first-order valence-corrected chi connectivity index (χ1v) is 12.3. The highest BCUT2D eigenvalue weighted by atomic mass is 15.0. The van der Waals surface area contributed by atoms with Gasteiger partial charge in [-0.05, 0) is 59.0 Å². The second-order valence-electron chi connectivity index (χ2n) is 9.15. The molecule has 1 aromatic heterocycles. The summed E-state index contributed by atoms with van der Waals surface area (Å²) in [5.41, 5.74) is 8.24. The molecule has 0 amide bonds. The molecule has 0 fully saturated rings. The highest BCUT2D eigenvalue weighted by Crippen LogP contribution is 2.33. The molecular weight excluding hydrogens is 436 g/mol. The molecule has 0 saturated heterocycles. The Labute approximate surface area is 210 Å². The second kappa shape index (κ2) is 8.44. The van der Waals surface area contributed by atoms with E-state index in [1.165, 1.54) is 49.4 Å². The molecule has 0 spiro atoms. The zero-order valence-electron chi connectivity index (χ0n) is 19.7. The molecule has 1 N–H and O–H groups in total. The Kier molecular flexibility index (Phi) is 4.82. The summed E-state index contributed by atoms with van der Waals surface area (Å²) < 4.78 is 2.35. The largest absolute Gasteiger partial charge is 0.355 e. The Morgan fingerprint density at radius 3 is 1.61 bits per heavy atom. The van der Waals surface area contributed by atoms with Gasteiger partial charge in [-0.3, -0.25) is 0 Å². The average molecular weight is 461 g/mol. The lowest BCUT2D eigenvalue weighted by Gasteiger charge is -2.11. The average Bonchev–Trinajstić information content (AvgIpc) is 3.28. The number of hydrogen-bond donors (Lipinski definition) is 1. The summed E-state index contributed by atoms with van der Waals surface area (Å²) in [6, 6.07) is 49.6. The Balaban J connectivity index is 1.20. The maximum absolute atomic E-state index is 3.58. The van der Waals surface area contributed by atoms with Crippen LogP contribution in [0.1, 0.15) is 0 Å². The number of benzene rings is 6. The van der Waals surface area contributed by atoms with Gasteiger partial charge in [-0.1, -0.05) is 97.1 Å². The minimum Gasteiger partial charge on any atom is -0.355 e. The van der Waals surface area contributed by atoms with Gasteiger partial charge in [-0.15, -0.1) is 0 Å². The molecule has 36 heavy (non-hydrogen) atoms. The SMILES string of the molecule is c1ccc2c(Nc3ccc(-c4ccc(-n5c6ccccc6c6ccccc65)cc4)cc3)cccc2c1. The van der Waals surface area contributed by atoms with Crippen LogP contribution >= 0.6 is 0 Å². The fourth-order valence-corrected chi connectivity index (χ4v) is 5.24. The molecule has 0 aliphatic rings. The standard InChI is InChI=1S/C34H24N2/c1-2-10-29-26(8-1)9-7-13-32(29)35-27-20-16-24(17-21-27)25-18-22-28(23-19-25)36-33-14-5-3-11-30(33)31-12-4-6-15-34(31)36/h1-23,35H. The van der Waals surface area contributed by atoms with Gasteiger partial charge in [0.2, 0.25) is 0 Å². The maximum Gasteiger partial charge on any atom is 0.0541 e. The van der Waals surface area contributed by atoms with Crippen molar-refractivity contribution in [1.82, 2.24) is 4.57 Å². The van der Waals surface area contributed by atoms with Gasteiger partial charge in [0.15, 0.2) is 0 Å². The Morgan fingerprint density at radius 1 is 0.417 bits per heavy atom. The molecule has 0 aliphatic heterocycles. The Bertz CT molecular complexity index is 1780. The normalized spacial score (nSPS) is 11.3. The summed E-state index contributed by atoms with van der Waals surface area (Å²) in [4.78, 5) is 0. The predicted octanol–water partition coefficient (Wildman–Crippen LogP) is 9.35. The molecule has 7 rings (SSSR count). The van der Waals surface area contributed by atoms with Crippen LogP contribution in [0.5, 0.6) is 0 Å². The van der Waals surface area contributed by atoms with Crippen molar-refractivity contribution in [3.05, 3.63) is 140 Å². The Morgan fingerprint density at radius 2 is 0.944 bits per heavy atom. The molecule has 2 nitrogen and oxygen atoms in total. The van der Waals surface area contributed by atoms with Crippen molar-refractivity contribution in [2.75, 3.05) is 5.32 Å². The number of anilines is 2. The van der Waals surface area contributed by atoms with Crippen molar-refractivity contribution in [2.24, 2.45) is 0 Å². The number of rotatable bonds is 4. The van der Waals surface area contributed by atoms with E-state index in [1.807, 2.05) is 0 Å². The van der Waals surface area contributed by atoms with Gasteiger partial charge in [0.25, 0.3) is 0 Å². The van der Waals surface area contributed by atoms with Crippen molar-refractivity contribution in [3.63, 3.8) is 0 Å². The number of nitrogens with zero attached hydrogens (tertiary/aromatic N) is 1. The highest BCUT2D eigenvalue weighted by molar-refractivity contribution is 6.09. The number of fused-ring (bicyclic) bond motifs is 4. The fourth-order valence-electron chi connectivity index (χ4n) is 5.24. The van der Waals surface area contributed by atoms with Crippen LogP contribution in [0, 0.1) is 0 Å². The van der Waals surface area contributed by atoms with Crippen LogP contribution < -0.4 is 5.32 Å². The number of nitrogens with one attached hydrogen (secondary N) is 1. The molecule has 170 valence electrons. The van der Waals surface area contributed by atoms with E-state index in [0.29, 0.717) is 0 Å². The van der Waals surface area contributed by atoms with Gasteiger partial charge in [0, 0.05) is 33.2 Å². The summed E-state index contributed by atoms with van der Waals surface area (Å²) in [6.07, 6.45) is 0. The molecule has 0 aliphatic carbocycles. The van der Waals surface area contributed by atoms with E-state index < -0.39 is 0 Å². The number of para-hydroxylation sites is 2. The lowest BCUT2D eigenvalue weighted by atomic mass is 10.0. The van der Waals surface area contributed by atoms with Crippen LogP contribution in [0.25, 0.3) is 49.4 Å². The van der Waals surface area contributed by atoms with Crippen LogP contribution in [-0.2, 0) is 0 Å². The first kappa shape index (κ1) is 20.5. The zero-order chi connectivity index (χ0) is 23.9. The molecular formula is C34H24N2. The lowest BCUT2D eigenvalue weighted by molar-refractivity contribution is 1.18. The molecule has 0 radical (unpaired) electrons. The van der Waals surface area contributed by atoms with Crippen LogP contribution in [0.2, 0.25) is 0 Å². The van der Waals surface area contributed by atoms with Crippen LogP contribution in [0.4, 0.5) is 11.4 Å². The van der Waals surface area contributed by atoms with Crippen molar-refractivity contribution in [1.29, 1.82) is 0 Å². The van der Waals surface area contributed by atoms with Crippen molar-refractivity contribution in [2.45, 2.75) is 0 Å². The molecule has 0 bridgehead atoms.